The molecule has 9 nitrogen and oxygen atoms in total. The standard InChI is InChI=1S/C19H22N4O5/c1-4-27-18-11-14(9-10-17(18)28-13-19(24)22(2)3)12-20-21-15-7-5-6-8-16(15)23(25)26/h5-12,21H,4,13H2,1-3H3/b20-12+. The monoisotopic (exact) mass is 386 g/mol. The SMILES string of the molecule is CCOc1cc(/C=N/Nc2ccccc2[N+](=O)[O-])ccc1OCC(=O)N(C)C. The molecule has 0 atom stereocenters. The number of ether oxygens (including phenoxy) is 2. The van der Waals surface area contributed by atoms with Gasteiger partial charge in [0.15, 0.2) is 18.1 Å². The number of likely N-dealkylation sites (N-methyl/N-ethyl adjacent to an activating group) is 1. The van der Waals surface area contributed by atoms with Crippen molar-refractivity contribution in [2.45, 2.75) is 6.92 Å². The minimum absolute atomic E-state index is 0.0658. The van der Waals surface area contributed by atoms with E-state index in [-0.39, 0.29) is 23.9 Å². The number of anilines is 1. The van der Waals surface area contributed by atoms with Crippen LogP contribution in [-0.2, 0) is 4.79 Å². The maximum atomic E-state index is 11.7. The number of hydrogen-bond donors (Lipinski definition) is 1. The van der Waals surface area contributed by atoms with Crippen LogP contribution in [0.25, 0.3) is 0 Å². The van der Waals surface area contributed by atoms with Gasteiger partial charge in [0.05, 0.1) is 17.7 Å². The molecule has 0 fully saturated rings. The van der Waals surface area contributed by atoms with Crippen LogP contribution in [0.1, 0.15) is 12.5 Å². The van der Waals surface area contributed by atoms with Crippen LogP contribution in [-0.4, -0.2) is 49.3 Å². The molecule has 2 rings (SSSR count). The highest BCUT2D eigenvalue weighted by Crippen LogP contribution is 2.28. The molecule has 148 valence electrons. The van der Waals surface area contributed by atoms with Crippen LogP contribution in [0.2, 0.25) is 0 Å². The van der Waals surface area contributed by atoms with Crippen LogP contribution >= 0.6 is 0 Å². The van der Waals surface area contributed by atoms with Gasteiger partial charge in [-0.1, -0.05) is 12.1 Å². The van der Waals surface area contributed by atoms with Crippen molar-refractivity contribution < 1.29 is 19.2 Å². The largest absolute Gasteiger partial charge is 0.490 e. The first kappa shape index (κ1) is 20.7. The lowest BCUT2D eigenvalue weighted by atomic mass is 10.2. The van der Waals surface area contributed by atoms with Crippen molar-refractivity contribution in [1.82, 2.24) is 4.90 Å². The number of benzene rings is 2. The molecule has 0 aromatic heterocycles. The van der Waals surface area contributed by atoms with E-state index in [1.807, 2.05) is 6.92 Å². The summed E-state index contributed by atoms with van der Waals surface area (Å²) in [5.41, 5.74) is 3.58. The summed E-state index contributed by atoms with van der Waals surface area (Å²) in [6.07, 6.45) is 1.51. The second kappa shape index (κ2) is 9.91. The lowest BCUT2D eigenvalue weighted by Gasteiger charge is -2.14. The molecule has 1 N–H and O–H groups in total. The average molecular weight is 386 g/mol. The number of nitrogens with zero attached hydrogens (tertiary/aromatic N) is 3. The summed E-state index contributed by atoms with van der Waals surface area (Å²) < 4.78 is 11.1. The molecule has 1 amide bonds. The van der Waals surface area contributed by atoms with Crippen LogP contribution in [0, 0.1) is 10.1 Å². The zero-order chi connectivity index (χ0) is 20.5. The van der Waals surface area contributed by atoms with Gasteiger partial charge in [-0.05, 0) is 36.8 Å². The molecule has 0 aliphatic carbocycles. The Morgan fingerprint density at radius 2 is 1.96 bits per heavy atom. The Hall–Kier alpha value is -3.62. The van der Waals surface area contributed by atoms with Crippen molar-refractivity contribution >= 4 is 23.5 Å². The number of carbonyl (C=O) groups excluding carboxylic acids is 1. The van der Waals surface area contributed by atoms with E-state index < -0.39 is 4.92 Å². The highest BCUT2D eigenvalue weighted by atomic mass is 16.6. The van der Waals surface area contributed by atoms with Gasteiger partial charge < -0.3 is 14.4 Å². The van der Waals surface area contributed by atoms with E-state index >= 15 is 0 Å². The first-order valence-electron chi connectivity index (χ1n) is 8.54. The molecule has 0 heterocycles. The molecule has 0 bridgehead atoms. The Labute approximate surface area is 162 Å². The minimum atomic E-state index is -0.480. The molecule has 2 aromatic carbocycles. The van der Waals surface area contributed by atoms with E-state index in [1.165, 1.54) is 17.2 Å². The Balaban J connectivity index is 2.11. The van der Waals surface area contributed by atoms with Gasteiger partial charge in [-0.15, -0.1) is 0 Å². The van der Waals surface area contributed by atoms with E-state index in [4.69, 9.17) is 9.47 Å². The predicted molar refractivity (Wildman–Crippen MR) is 106 cm³/mol. The number of hydrazone groups is 1. The van der Waals surface area contributed by atoms with Crippen molar-refractivity contribution in [3.63, 3.8) is 0 Å². The molecule has 9 heteroatoms. The van der Waals surface area contributed by atoms with Crippen molar-refractivity contribution in [3.8, 4) is 11.5 Å². The van der Waals surface area contributed by atoms with Gasteiger partial charge in [-0.25, -0.2) is 0 Å². The molecule has 0 saturated carbocycles. The summed E-state index contributed by atoms with van der Waals surface area (Å²) in [6, 6.07) is 11.4. The minimum Gasteiger partial charge on any atom is -0.490 e. The molecule has 28 heavy (non-hydrogen) atoms. The number of nitrogens with one attached hydrogen (secondary N) is 1. The van der Waals surface area contributed by atoms with Gasteiger partial charge in [0.1, 0.15) is 5.69 Å². The van der Waals surface area contributed by atoms with E-state index in [2.05, 4.69) is 10.5 Å². The van der Waals surface area contributed by atoms with Crippen molar-refractivity contribution in [3.05, 3.63) is 58.1 Å². The lowest BCUT2D eigenvalue weighted by Crippen LogP contribution is -2.27. The Morgan fingerprint density at radius 1 is 1.21 bits per heavy atom. The summed E-state index contributed by atoms with van der Waals surface area (Å²) in [5.74, 6) is 0.756. The number of rotatable bonds is 9. The Morgan fingerprint density at radius 3 is 2.64 bits per heavy atom. The van der Waals surface area contributed by atoms with Gasteiger partial charge in [-0.2, -0.15) is 5.10 Å². The van der Waals surface area contributed by atoms with E-state index in [1.54, 1.807) is 50.5 Å². The van der Waals surface area contributed by atoms with E-state index in [9.17, 15) is 14.9 Å². The number of nitro benzene ring substituents is 1. The summed E-state index contributed by atoms with van der Waals surface area (Å²) in [4.78, 5) is 23.7. The number of hydrogen-bond acceptors (Lipinski definition) is 7. The fourth-order valence-electron chi connectivity index (χ4n) is 2.16. The van der Waals surface area contributed by atoms with Gasteiger partial charge >= 0.3 is 0 Å². The third-order valence-electron chi connectivity index (χ3n) is 3.62. The molecule has 0 spiro atoms. The van der Waals surface area contributed by atoms with Gasteiger partial charge in [0.2, 0.25) is 0 Å². The fraction of sp³-hybridized carbons (Fsp3) is 0.263. The number of carbonyl (C=O) groups is 1. The molecule has 2 aromatic rings. The summed E-state index contributed by atoms with van der Waals surface area (Å²) in [6.45, 7) is 2.17. The van der Waals surface area contributed by atoms with Gasteiger partial charge in [0, 0.05) is 20.2 Å². The van der Waals surface area contributed by atoms with Crippen LogP contribution in [0.15, 0.2) is 47.6 Å². The Bertz CT molecular complexity index is 867. The summed E-state index contributed by atoms with van der Waals surface area (Å²) in [7, 11) is 3.30. The van der Waals surface area contributed by atoms with E-state index in [0.717, 1.165) is 0 Å². The zero-order valence-corrected chi connectivity index (χ0v) is 15.9. The second-order valence-electron chi connectivity index (χ2n) is 5.86. The first-order valence-corrected chi connectivity index (χ1v) is 8.54. The van der Waals surface area contributed by atoms with Gasteiger partial charge in [-0.3, -0.25) is 20.3 Å². The highest BCUT2D eigenvalue weighted by molar-refractivity contribution is 5.82. The summed E-state index contributed by atoms with van der Waals surface area (Å²) in [5, 5.41) is 15.1. The van der Waals surface area contributed by atoms with Crippen LogP contribution in [0.4, 0.5) is 11.4 Å². The fourth-order valence-corrected chi connectivity index (χ4v) is 2.16. The number of amides is 1. The number of nitro groups is 1. The Kier molecular flexibility index (Phi) is 7.32. The van der Waals surface area contributed by atoms with Crippen molar-refractivity contribution in [2.24, 2.45) is 5.10 Å². The smallest absolute Gasteiger partial charge is 0.294 e. The molecule has 0 unspecified atom stereocenters. The second-order valence-corrected chi connectivity index (χ2v) is 5.86. The quantitative estimate of drug-likeness (QED) is 0.403. The van der Waals surface area contributed by atoms with Crippen LogP contribution in [0.5, 0.6) is 11.5 Å². The molecule has 0 aliphatic heterocycles. The third kappa shape index (κ3) is 5.70. The highest BCUT2D eigenvalue weighted by Gasteiger charge is 2.12. The third-order valence-corrected chi connectivity index (χ3v) is 3.62. The molecule has 0 radical (unpaired) electrons. The maximum Gasteiger partial charge on any atom is 0.294 e. The first-order chi connectivity index (χ1) is 13.4. The molecular formula is C19H22N4O5. The van der Waals surface area contributed by atoms with Crippen molar-refractivity contribution in [1.29, 1.82) is 0 Å². The molecular weight excluding hydrogens is 364 g/mol. The van der Waals surface area contributed by atoms with Crippen molar-refractivity contribution in [2.75, 3.05) is 32.7 Å². The summed E-state index contributed by atoms with van der Waals surface area (Å²) >= 11 is 0. The average Bonchev–Trinajstić information content (AvgIpc) is 2.67. The predicted octanol–water partition coefficient (Wildman–Crippen LogP) is 2.91. The van der Waals surface area contributed by atoms with Crippen LogP contribution < -0.4 is 14.9 Å². The molecule has 0 saturated heterocycles. The number of para-hydroxylation sites is 2. The van der Waals surface area contributed by atoms with E-state index in [0.29, 0.717) is 23.7 Å². The van der Waals surface area contributed by atoms with Gasteiger partial charge in [0.25, 0.3) is 11.6 Å². The normalized spacial score (nSPS) is 10.5. The topological polar surface area (TPSA) is 106 Å². The zero-order valence-electron chi connectivity index (χ0n) is 15.9. The maximum absolute atomic E-state index is 11.7. The molecule has 0 aliphatic rings. The van der Waals surface area contributed by atoms with Crippen LogP contribution in [0.3, 0.4) is 0 Å². The lowest BCUT2D eigenvalue weighted by molar-refractivity contribution is -0.384.